The van der Waals surface area contributed by atoms with Gasteiger partial charge in [-0.1, -0.05) is 6.07 Å². The van der Waals surface area contributed by atoms with Crippen LogP contribution in [0.25, 0.3) is 0 Å². The Morgan fingerprint density at radius 1 is 1.32 bits per heavy atom. The molecule has 1 aromatic rings. The second kappa shape index (κ2) is 10.3. The van der Waals surface area contributed by atoms with Crippen LogP contribution in [-0.4, -0.2) is 65.0 Å². The maximum Gasteiger partial charge on any atom is 0.275 e. The Bertz CT molecular complexity index is 528. The molecule has 1 fully saturated rings. The quantitative estimate of drug-likeness (QED) is 0.631. The number of hydrogen-bond acceptors (Lipinski definition) is 4. The van der Waals surface area contributed by atoms with Crippen molar-refractivity contribution < 1.29 is 19.2 Å². The summed E-state index contributed by atoms with van der Waals surface area (Å²) in [4.78, 5) is 15.7. The first-order valence-corrected chi connectivity index (χ1v) is 9.19. The van der Waals surface area contributed by atoms with Crippen LogP contribution in [0.4, 0.5) is 5.69 Å². The Labute approximate surface area is 151 Å². The molecule has 0 saturated carbocycles. The van der Waals surface area contributed by atoms with Crippen molar-refractivity contribution in [3.63, 3.8) is 0 Å². The van der Waals surface area contributed by atoms with E-state index in [1.807, 2.05) is 26.0 Å². The lowest BCUT2D eigenvalue weighted by molar-refractivity contribution is -0.892. The van der Waals surface area contributed by atoms with E-state index >= 15 is 0 Å². The van der Waals surface area contributed by atoms with Crippen LogP contribution < -0.4 is 19.9 Å². The summed E-state index contributed by atoms with van der Waals surface area (Å²) >= 11 is 0. The second-order valence-corrected chi connectivity index (χ2v) is 6.74. The van der Waals surface area contributed by atoms with Gasteiger partial charge in [-0.25, -0.2) is 0 Å². The number of hydrogen-bond donors (Lipinski definition) is 2. The van der Waals surface area contributed by atoms with Crippen LogP contribution in [0.1, 0.15) is 20.3 Å². The highest BCUT2D eigenvalue weighted by Gasteiger charge is 2.22. The molecule has 0 spiro atoms. The molecule has 0 bridgehead atoms. The topological polar surface area (TPSA) is 55.2 Å². The lowest BCUT2D eigenvalue weighted by Gasteiger charge is -2.33. The summed E-state index contributed by atoms with van der Waals surface area (Å²) < 4.78 is 10.8. The SMILES string of the molecule is COc1cccc(N2CC[NH+](CC(=O)NCCCOC(C)C)CC2)c1. The van der Waals surface area contributed by atoms with Gasteiger partial charge in [-0.2, -0.15) is 0 Å². The van der Waals surface area contributed by atoms with E-state index in [2.05, 4.69) is 22.3 Å². The average molecular weight is 350 g/mol. The third-order valence-corrected chi connectivity index (χ3v) is 4.39. The summed E-state index contributed by atoms with van der Waals surface area (Å²) in [5.41, 5.74) is 1.19. The zero-order valence-corrected chi connectivity index (χ0v) is 15.7. The summed E-state index contributed by atoms with van der Waals surface area (Å²) in [5, 5.41) is 2.99. The largest absolute Gasteiger partial charge is 0.497 e. The van der Waals surface area contributed by atoms with E-state index in [1.54, 1.807) is 7.11 Å². The van der Waals surface area contributed by atoms with Gasteiger partial charge >= 0.3 is 0 Å². The van der Waals surface area contributed by atoms with Gasteiger partial charge in [-0.3, -0.25) is 4.79 Å². The normalized spacial score (nSPS) is 15.4. The van der Waals surface area contributed by atoms with Crippen molar-refractivity contribution in [2.75, 3.05) is 57.9 Å². The minimum Gasteiger partial charge on any atom is -0.497 e. The Morgan fingerprint density at radius 3 is 2.76 bits per heavy atom. The number of amides is 1. The molecule has 1 aliphatic heterocycles. The monoisotopic (exact) mass is 350 g/mol. The number of nitrogens with one attached hydrogen (secondary N) is 2. The highest BCUT2D eigenvalue weighted by atomic mass is 16.5. The number of quaternary nitrogens is 1. The smallest absolute Gasteiger partial charge is 0.275 e. The van der Waals surface area contributed by atoms with Crippen LogP contribution >= 0.6 is 0 Å². The van der Waals surface area contributed by atoms with Crippen molar-refractivity contribution in [2.45, 2.75) is 26.4 Å². The van der Waals surface area contributed by atoms with Crippen molar-refractivity contribution >= 4 is 11.6 Å². The molecule has 2 N–H and O–H groups in total. The number of carbonyl (C=O) groups excluding carboxylic acids is 1. The number of methoxy groups -OCH3 is 1. The molecule has 1 aliphatic rings. The minimum atomic E-state index is 0.134. The number of rotatable bonds is 9. The number of carbonyl (C=O) groups is 1. The maximum absolute atomic E-state index is 12.0. The fourth-order valence-corrected chi connectivity index (χ4v) is 2.97. The molecule has 6 nitrogen and oxygen atoms in total. The molecule has 1 aromatic carbocycles. The van der Waals surface area contributed by atoms with Crippen molar-refractivity contribution in [1.29, 1.82) is 0 Å². The molecule has 0 unspecified atom stereocenters. The fourth-order valence-electron chi connectivity index (χ4n) is 2.97. The molecule has 1 amide bonds. The molecule has 2 rings (SSSR count). The first-order valence-electron chi connectivity index (χ1n) is 9.19. The van der Waals surface area contributed by atoms with Crippen molar-refractivity contribution in [1.82, 2.24) is 5.32 Å². The molecule has 1 saturated heterocycles. The highest BCUT2D eigenvalue weighted by Crippen LogP contribution is 2.20. The van der Waals surface area contributed by atoms with E-state index in [9.17, 15) is 4.79 Å². The van der Waals surface area contributed by atoms with Crippen LogP contribution in [0.15, 0.2) is 24.3 Å². The number of nitrogens with zero attached hydrogens (tertiary/aromatic N) is 1. The molecular formula is C19H32N3O3+. The third-order valence-electron chi connectivity index (χ3n) is 4.39. The zero-order chi connectivity index (χ0) is 18.1. The summed E-state index contributed by atoms with van der Waals surface area (Å²) in [6, 6.07) is 8.15. The van der Waals surface area contributed by atoms with E-state index in [0.29, 0.717) is 19.7 Å². The second-order valence-electron chi connectivity index (χ2n) is 6.74. The van der Waals surface area contributed by atoms with Crippen molar-refractivity contribution in [2.24, 2.45) is 0 Å². The molecule has 1 heterocycles. The Morgan fingerprint density at radius 2 is 2.08 bits per heavy atom. The van der Waals surface area contributed by atoms with E-state index in [-0.39, 0.29) is 12.0 Å². The molecule has 140 valence electrons. The van der Waals surface area contributed by atoms with Crippen LogP contribution in [0.2, 0.25) is 0 Å². The van der Waals surface area contributed by atoms with Gasteiger partial charge in [0.1, 0.15) is 5.75 Å². The lowest BCUT2D eigenvalue weighted by atomic mass is 10.2. The van der Waals surface area contributed by atoms with Gasteiger partial charge in [0.2, 0.25) is 0 Å². The first-order chi connectivity index (χ1) is 12.1. The highest BCUT2D eigenvalue weighted by molar-refractivity contribution is 5.76. The Kier molecular flexibility index (Phi) is 8.01. The van der Waals surface area contributed by atoms with Crippen molar-refractivity contribution in [3.05, 3.63) is 24.3 Å². The molecule has 0 atom stereocenters. The van der Waals surface area contributed by atoms with Crippen LogP contribution in [0.5, 0.6) is 5.75 Å². The number of ether oxygens (including phenoxy) is 2. The molecule has 0 radical (unpaired) electrons. The average Bonchev–Trinajstić information content (AvgIpc) is 2.62. The Balaban J connectivity index is 1.65. The summed E-state index contributed by atoms with van der Waals surface area (Å²) in [6.07, 6.45) is 1.11. The molecule has 0 aromatic heterocycles. The van der Waals surface area contributed by atoms with Gasteiger partial charge in [0.05, 0.1) is 39.4 Å². The van der Waals surface area contributed by atoms with Gasteiger partial charge in [-0.15, -0.1) is 0 Å². The summed E-state index contributed by atoms with van der Waals surface area (Å²) in [6.45, 7) is 9.84. The molecule has 25 heavy (non-hydrogen) atoms. The van der Waals surface area contributed by atoms with Crippen LogP contribution in [0.3, 0.4) is 0 Å². The maximum atomic E-state index is 12.0. The van der Waals surface area contributed by atoms with Gasteiger partial charge < -0.3 is 24.6 Å². The van der Waals surface area contributed by atoms with Crippen LogP contribution in [0, 0.1) is 0 Å². The minimum absolute atomic E-state index is 0.134. The standard InChI is InChI=1S/C19H31N3O3/c1-16(2)25-13-5-8-20-19(23)15-21-9-11-22(12-10-21)17-6-4-7-18(14-17)24-3/h4,6-7,14,16H,5,8-13,15H2,1-3H3,(H,20,23)/p+1. The van der Waals surface area contributed by atoms with Gasteiger partial charge in [0, 0.05) is 24.9 Å². The Hall–Kier alpha value is -1.79. The summed E-state index contributed by atoms with van der Waals surface area (Å²) in [5.74, 6) is 1.02. The predicted octanol–water partition coefficient (Wildman–Crippen LogP) is 0.331. The van der Waals surface area contributed by atoms with E-state index in [4.69, 9.17) is 9.47 Å². The van der Waals surface area contributed by atoms with E-state index in [0.717, 1.165) is 38.3 Å². The molecular weight excluding hydrogens is 318 g/mol. The lowest BCUT2D eigenvalue weighted by Crippen LogP contribution is -3.15. The van der Waals surface area contributed by atoms with Gasteiger partial charge in [-0.05, 0) is 32.4 Å². The van der Waals surface area contributed by atoms with Gasteiger partial charge in [0.15, 0.2) is 6.54 Å². The molecule has 0 aliphatic carbocycles. The first kappa shape index (κ1) is 19.5. The van der Waals surface area contributed by atoms with E-state index < -0.39 is 0 Å². The van der Waals surface area contributed by atoms with E-state index in [1.165, 1.54) is 10.6 Å². The predicted molar refractivity (Wildman–Crippen MR) is 99.5 cm³/mol. The van der Waals surface area contributed by atoms with Gasteiger partial charge in [0.25, 0.3) is 5.91 Å². The summed E-state index contributed by atoms with van der Waals surface area (Å²) in [7, 11) is 1.69. The van der Waals surface area contributed by atoms with Crippen molar-refractivity contribution in [3.8, 4) is 5.75 Å². The number of anilines is 1. The fraction of sp³-hybridized carbons (Fsp3) is 0.632. The van der Waals surface area contributed by atoms with Crippen LogP contribution in [-0.2, 0) is 9.53 Å². The molecule has 6 heteroatoms. The third kappa shape index (κ3) is 6.92. The zero-order valence-electron chi connectivity index (χ0n) is 15.7. The number of piperazine rings is 1. The number of benzene rings is 1.